The summed E-state index contributed by atoms with van der Waals surface area (Å²) in [5.74, 6) is -0.789. The van der Waals surface area contributed by atoms with Gasteiger partial charge in [-0.1, -0.05) is 48.5 Å². The first kappa shape index (κ1) is 17.8. The molecule has 1 amide bonds. The lowest BCUT2D eigenvalue weighted by atomic mass is 9.86. The normalized spacial score (nSPS) is 15.5. The third-order valence-corrected chi connectivity index (χ3v) is 5.18. The average Bonchev–Trinajstić information content (AvgIpc) is 3.10. The molecule has 0 saturated heterocycles. The van der Waals surface area contributed by atoms with E-state index in [9.17, 15) is 9.59 Å². The second-order valence-electron chi connectivity index (χ2n) is 6.93. The molecule has 1 aromatic heterocycles. The molecule has 0 spiro atoms. The van der Waals surface area contributed by atoms with Crippen LogP contribution in [0.2, 0.25) is 0 Å². The lowest BCUT2D eigenvalue weighted by Gasteiger charge is -2.25. The molecule has 1 unspecified atom stereocenters. The van der Waals surface area contributed by atoms with Gasteiger partial charge in [-0.05, 0) is 36.6 Å². The highest BCUT2D eigenvalue weighted by molar-refractivity contribution is 5.96. The van der Waals surface area contributed by atoms with Gasteiger partial charge in [-0.2, -0.15) is 0 Å². The minimum atomic E-state index is -0.460. The van der Waals surface area contributed by atoms with Crippen molar-refractivity contribution in [3.05, 3.63) is 88.8 Å². The van der Waals surface area contributed by atoms with Crippen LogP contribution in [0, 0.1) is 6.92 Å². The molecule has 1 aliphatic rings. The molecule has 140 valence electrons. The molecular formula is C23H21N3O2. The molecule has 0 aliphatic heterocycles. The number of nitrogens with one attached hydrogen (secondary N) is 2. The van der Waals surface area contributed by atoms with Gasteiger partial charge in [0.05, 0.1) is 11.5 Å². The standard InChI is InChI=1S/C23H21N3O2/c1-14-18(23(24)28)12-22(25-14)17-8-4-5-9-20(17)26-21-11-10-15-6-2-3-7-16(15)19(21)13-27/h2-9,11-13,19,25-26H,10H2,1H3,(H2,24,28). The van der Waals surface area contributed by atoms with E-state index in [1.54, 1.807) is 6.07 Å². The van der Waals surface area contributed by atoms with Crippen LogP contribution in [0.5, 0.6) is 0 Å². The van der Waals surface area contributed by atoms with Gasteiger partial charge in [-0.15, -0.1) is 0 Å². The number of carbonyl (C=O) groups excluding carboxylic acids is 2. The SMILES string of the molecule is Cc1[nH]c(-c2ccccc2NC2=CCc3ccccc3C2C=O)cc1C(N)=O. The summed E-state index contributed by atoms with van der Waals surface area (Å²) in [5, 5.41) is 3.44. The van der Waals surface area contributed by atoms with Gasteiger partial charge in [0.15, 0.2) is 0 Å². The van der Waals surface area contributed by atoms with Crippen molar-refractivity contribution < 1.29 is 9.59 Å². The number of para-hydroxylation sites is 1. The van der Waals surface area contributed by atoms with E-state index in [1.165, 1.54) is 5.56 Å². The lowest BCUT2D eigenvalue weighted by Crippen LogP contribution is -2.17. The fraction of sp³-hybridized carbons (Fsp3) is 0.130. The highest BCUT2D eigenvalue weighted by Gasteiger charge is 2.23. The van der Waals surface area contributed by atoms with Crippen molar-refractivity contribution in [3.8, 4) is 11.3 Å². The van der Waals surface area contributed by atoms with E-state index in [-0.39, 0.29) is 5.92 Å². The maximum atomic E-state index is 11.9. The van der Waals surface area contributed by atoms with Crippen molar-refractivity contribution in [3.63, 3.8) is 0 Å². The number of rotatable bonds is 5. The smallest absolute Gasteiger partial charge is 0.250 e. The number of hydrogen-bond donors (Lipinski definition) is 3. The molecule has 0 fully saturated rings. The van der Waals surface area contributed by atoms with E-state index >= 15 is 0 Å². The number of carbonyl (C=O) groups is 2. The molecule has 5 nitrogen and oxygen atoms in total. The molecule has 4 N–H and O–H groups in total. The van der Waals surface area contributed by atoms with Gasteiger partial charge in [0.25, 0.3) is 5.91 Å². The molecule has 0 saturated carbocycles. The maximum absolute atomic E-state index is 11.9. The third kappa shape index (κ3) is 3.11. The number of amides is 1. The Morgan fingerprint density at radius 2 is 1.93 bits per heavy atom. The number of H-pyrrole nitrogens is 1. The van der Waals surface area contributed by atoms with Crippen LogP contribution in [0.3, 0.4) is 0 Å². The summed E-state index contributed by atoms with van der Waals surface area (Å²) in [6, 6.07) is 17.6. The van der Waals surface area contributed by atoms with Crippen LogP contribution in [0.15, 0.2) is 66.4 Å². The molecule has 2 aromatic carbocycles. The average molecular weight is 371 g/mol. The van der Waals surface area contributed by atoms with E-state index in [2.05, 4.69) is 22.4 Å². The van der Waals surface area contributed by atoms with Gasteiger partial charge in [0.2, 0.25) is 0 Å². The largest absolute Gasteiger partial charge is 0.366 e. The first-order valence-corrected chi connectivity index (χ1v) is 9.17. The van der Waals surface area contributed by atoms with E-state index in [0.29, 0.717) is 5.56 Å². The zero-order chi connectivity index (χ0) is 19.7. The first-order chi connectivity index (χ1) is 13.6. The van der Waals surface area contributed by atoms with Crippen molar-refractivity contribution in [2.75, 3.05) is 5.32 Å². The Bertz CT molecular complexity index is 1090. The van der Waals surface area contributed by atoms with Gasteiger partial charge in [-0.3, -0.25) is 4.79 Å². The van der Waals surface area contributed by atoms with E-state index in [1.807, 2.05) is 49.4 Å². The van der Waals surface area contributed by atoms with Gasteiger partial charge in [0, 0.05) is 28.3 Å². The molecule has 3 aromatic rings. The molecule has 28 heavy (non-hydrogen) atoms. The van der Waals surface area contributed by atoms with Crippen LogP contribution in [0.4, 0.5) is 5.69 Å². The van der Waals surface area contributed by atoms with Crippen molar-refractivity contribution >= 4 is 17.9 Å². The number of primary amides is 1. The second kappa shape index (κ2) is 7.19. The van der Waals surface area contributed by atoms with Crippen LogP contribution in [0.1, 0.15) is 33.1 Å². The van der Waals surface area contributed by atoms with Gasteiger partial charge < -0.3 is 20.8 Å². The Morgan fingerprint density at radius 3 is 2.68 bits per heavy atom. The Morgan fingerprint density at radius 1 is 1.18 bits per heavy atom. The van der Waals surface area contributed by atoms with E-state index in [4.69, 9.17) is 5.73 Å². The van der Waals surface area contributed by atoms with E-state index in [0.717, 1.165) is 46.6 Å². The summed E-state index contributed by atoms with van der Waals surface area (Å²) in [7, 11) is 0. The van der Waals surface area contributed by atoms with Crippen LogP contribution >= 0.6 is 0 Å². The Kier molecular flexibility index (Phi) is 4.57. The van der Waals surface area contributed by atoms with Gasteiger partial charge >= 0.3 is 0 Å². The summed E-state index contributed by atoms with van der Waals surface area (Å²) in [6.45, 7) is 1.82. The number of aryl methyl sites for hydroxylation is 1. The minimum Gasteiger partial charge on any atom is -0.366 e. The maximum Gasteiger partial charge on any atom is 0.250 e. The van der Waals surface area contributed by atoms with Crippen LogP contribution in [-0.2, 0) is 11.2 Å². The number of aromatic amines is 1. The fourth-order valence-electron chi connectivity index (χ4n) is 3.75. The zero-order valence-corrected chi connectivity index (χ0v) is 15.5. The molecule has 1 atom stereocenters. The van der Waals surface area contributed by atoms with Crippen molar-refractivity contribution in [1.29, 1.82) is 0 Å². The van der Waals surface area contributed by atoms with Crippen LogP contribution < -0.4 is 11.1 Å². The highest BCUT2D eigenvalue weighted by Crippen LogP contribution is 2.35. The number of hydrogen-bond acceptors (Lipinski definition) is 3. The minimum absolute atomic E-state index is 0.329. The molecular weight excluding hydrogens is 350 g/mol. The lowest BCUT2D eigenvalue weighted by molar-refractivity contribution is -0.108. The zero-order valence-electron chi connectivity index (χ0n) is 15.5. The summed E-state index contributed by atoms with van der Waals surface area (Å²) in [4.78, 5) is 26.7. The summed E-state index contributed by atoms with van der Waals surface area (Å²) in [6.07, 6.45) is 3.81. The Balaban J connectivity index is 1.70. The number of benzene rings is 2. The number of nitrogens with two attached hydrogens (primary N) is 1. The number of aromatic nitrogens is 1. The summed E-state index contributed by atoms with van der Waals surface area (Å²) < 4.78 is 0. The van der Waals surface area contributed by atoms with Crippen LogP contribution in [0.25, 0.3) is 11.3 Å². The van der Waals surface area contributed by atoms with E-state index < -0.39 is 5.91 Å². The molecule has 1 aliphatic carbocycles. The quantitative estimate of drug-likeness (QED) is 0.594. The molecule has 0 bridgehead atoms. The number of anilines is 1. The van der Waals surface area contributed by atoms with Crippen molar-refractivity contribution in [1.82, 2.24) is 4.98 Å². The monoisotopic (exact) mass is 371 g/mol. The number of fused-ring (bicyclic) bond motifs is 1. The topological polar surface area (TPSA) is 88.0 Å². The summed E-state index contributed by atoms with van der Waals surface area (Å²) >= 11 is 0. The molecule has 0 radical (unpaired) electrons. The predicted molar refractivity (Wildman–Crippen MR) is 110 cm³/mol. The Labute approximate surface area is 163 Å². The first-order valence-electron chi connectivity index (χ1n) is 9.17. The van der Waals surface area contributed by atoms with Crippen molar-refractivity contribution in [2.45, 2.75) is 19.3 Å². The Hall–Kier alpha value is -3.60. The van der Waals surface area contributed by atoms with Crippen LogP contribution in [-0.4, -0.2) is 17.2 Å². The molecule has 5 heteroatoms. The van der Waals surface area contributed by atoms with Gasteiger partial charge in [0.1, 0.15) is 6.29 Å². The third-order valence-electron chi connectivity index (χ3n) is 5.18. The predicted octanol–water partition coefficient (Wildman–Crippen LogP) is 3.92. The number of allylic oxidation sites excluding steroid dienone is 2. The summed E-state index contributed by atoms with van der Waals surface area (Å²) in [5.41, 5.74) is 12.3. The molecule has 4 rings (SSSR count). The van der Waals surface area contributed by atoms with Crippen molar-refractivity contribution in [2.24, 2.45) is 5.73 Å². The molecule has 1 heterocycles. The number of aldehydes is 1. The van der Waals surface area contributed by atoms with Gasteiger partial charge in [-0.25, -0.2) is 0 Å². The highest BCUT2D eigenvalue weighted by atomic mass is 16.1. The second-order valence-corrected chi connectivity index (χ2v) is 6.93. The fourth-order valence-corrected chi connectivity index (χ4v) is 3.75.